The Hall–Kier alpha value is -2.68. The minimum Gasteiger partial charge on any atom is -0.465 e. The molecule has 1 aliphatic rings. The Bertz CT molecular complexity index is 843. The van der Waals surface area contributed by atoms with Crippen molar-refractivity contribution in [3.8, 4) is 0 Å². The molecule has 27 heavy (non-hydrogen) atoms. The summed E-state index contributed by atoms with van der Waals surface area (Å²) < 4.78 is 49.0. The van der Waals surface area contributed by atoms with E-state index in [2.05, 4.69) is 0 Å². The van der Waals surface area contributed by atoms with Crippen LogP contribution in [0.5, 0.6) is 0 Å². The third kappa shape index (κ3) is 4.36. The molecule has 2 rings (SSSR count). The summed E-state index contributed by atoms with van der Waals surface area (Å²) in [6.45, 7) is 0. The number of carbonyl (C=O) groups excluding carboxylic acids is 2. The summed E-state index contributed by atoms with van der Waals surface area (Å²) in [6, 6.07) is 3.18. The number of rotatable bonds is 4. The van der Waals surface area contributed by atoms with Crippen molar-refractivity contribution < 1.29 is 32.2 Å². The molecule has 0 unspecified atom stereocenters. The Labute approximate surface area is 158 Å². The van der Waals surface area contributed by atoms with E-state index in [9.17, 15) is 22.8 Å². The van der Waals surface area contributed by atoms with Crippen molar-refractivity contribution in [1.82, 2.24) is 0 Å². The fourth-order valence-corrected chi connectivity index (χ4v) is 2.98. The first kappa shape index (κ1) is 20.6. The third-order valence-corrected chi connectivity index (χ3v) is 4.44. The van der Waals surface area contributed by atoms with Crippen molar-refractivity contribution in [3.05, 3.63) is 59.5 Å². The summed E-state index contributed by atoms with van der Waals surface area (Å²) >= 11 is 1.20. The molecule has 0 bridgehead atoms. The zero-order valence-corrected chi connectivity index (χ0v) is 15.5. The quantitative estimate of drug-likeness (QED) is 0.565. The molecule has 0 fully saturated rings. The highest BCUT2D eigenvalue weighted by Gasteiger charge is 2.33. The Balaban J connectivity index is 2.77. The number of hydrogen-bond donors (Lipinski definition) is 0. The Kier molecular flexibility index (Phi) is 6.37. The molecule has 0 radical (unpaired) electrons. The maximum atomic E-state index is 13.2. The lowest BCUT2D eigenvalue weighted by molar-refractivity contribution is -0.139. The molecule has 0 amide bonds. The van der Waals surface area contributed by atoms with Crippen LogP contribution >= 0.6 is 11.8 Å². The van der Waals surface area contributed by atoms with Gasteiger partial charge in [-0.25, -0.2) is 9.59 Å². The van der Waals surface area contributed by atoms with E-state index in [0.29, 0.717) is 4.90 Å². The maximum absolute atomic E-state index is 13.2. The van der Waals surface area contributed by atoms with E-state index in [-0.39, 0.29) is 17.0 Å². The van der Waals surface area contributed by atoms with Gasteiger partial charge in [-0.15, -0.1) is 11.8 Å². The number of ether oxygens (including phenoxy) is 2. The van der Waals surface area contributed by atoms with Gasteiger partial charge in [-0.1, -0.05) is 6.08 Å². The number of nitrogens with zero attached hydrogens (tertiary/aromatic N) is 1. The van der Waals surface area contributed by atoms with Crippen LogP contribution in [0.4, 0.5) is 18.9 Å². The fraction of sp³-hybridized carbons (Fsp3) is 0.222. The van der Waals surface area contributed by atoms with Gasteiger partial charge in [0.1, 0.15) is 5.70 Å². The van der Waals surface area contributed by atoms with Gasteiger partial charge in [0.2, 0.25) is 0 Å². The highest BCUT2D eigenvalue weighted by Crippen LogP contribution is 2.39. The first-order chi connectivity index (χ1) is 12.7. The van der Waals surface area contributed by atoms with Crippen LogP contribution in [0, 0.1) is 0 Å². The predicted octanol–water partition coefficient (Wildman–Crippen LogP) is 3.92. The molecule has 0 spiro atoms. The van der Waals surface area contributed by atoms with E-state index in [1.165, 1.54) is 47.2 Å². The smallest absolute Gasteiger partial charge is 0.416 e. The molecule has 5 nitrogen and oxygen atoms in total. The van der Waals surface area contributed by atoms with Gasteiger partial charge in [0, 0.05) is 11.1 Å². The monoisotopic (exact) mass is 399 g/mol. The van der Waals surface area contributed by atoms with Crippen molar-refractivity contribution in [2.24, 2.45) is 0 Å². The molecule has 1 aliphatic heterocycles. The van der Waals surface area contributed by atoms with E-state index in [0.717, 1.165) is 26.4 Å². The minimum atomic E-state index is -4.57. The number of alkyl halides is 3. The van der Waals surface area contributed by atoms with Crippen LogP contribution in [-0.2, 0) is 25.2 Å². The zero-order chi connectivity index (χ0) is 20.2. The number of hydrogen-bond acceptors (Lipinski definition) is 6. The SMILES string of the molecule is COC(=O)C1=C(C(=O)OC)N(c2cc(C(F)(F)F)ccc2SC)C=CC=C1. The summed E-state index contributed by atoms with van der Waals surface area (Å²) in [7, 11) is 2.25. The van der Waals surface area contributed by atoms with Gasteiger partial charge in [-0.05, 0) is 36.6 Å². The Morgan fingerprint density at radius 2 is 1.74 bits per heavy atom. The molecule has 9 heteroatoms. The Morgan fingerprint density at radius 1 is 1.07 bits per heavy atom. The van der Waals surface area contributed by atoms with Crippen LogP contribution in [0.1, 0.15) is 5.56 Å². The first-order valence-corrected chi connectivity index (χ1v) is 8.77. The molecule has 0 N–H and O–H groups in total. The molecular weight excluding hydrogens is 383 g/mol. The number of allylic oxidation sites excluding steroid dienone is 2. The lowest BCUT2D eigenvalue weighted by atomic mass is 10.1. The summed E-state index contributed by atoms with van der Waals surface area (Å²) in [5, 5.41) is 0. The highest BCUT2D eigenvalue weighted by molar-refractivity contribution is 7.98. The van der Waals surface area contributed by atoms with E-state index >= 15 is 0 Å². The molecule has 0 aromatic heterocycles. The molecule has 1 aromatic carbocycles. The van der Waals surface area contributed by atoms with Crippen LogP contribution in [-0.4, -0.2) is 32.4 Å². The highest BCUT2D eigenvalue weighted by atomic mass is 32.2. The van der Waals surface area contributed by atoms with E-state index in [1.807, 2.05) is 0 Å². The van der Waals surface area contributed by atoms with E-state index in [4.69, 9.17) is 9.47 Å². The van der Waals surface area contributed by atoms with Gasteiger partial charge in [-0.2, -0.15) is 13.2 Å². The molecular formula is C18H16F3NO4S. The van der Waals surface area contributed by atoms with Crippen molar-refractivity contribution in [2.75, 3.05) is 25.4 Å². The van der Waals surface area contributed by atoms with Crippen molar-refractivity contribution in [1.29, 1.82) is 0 Å². The van der Waals surface area contributed by atoms with Gasteiger partial charge < -0.3 is 14.4 Å². The topological polar surface area (TPSA) is 55.8 Å². The van der Waals surface area contributed by atoms with Gasteiger partial charge >= 0.3 is 18.1 Å². The number of carbonyl (C=O) groups is 2. The lowest BCUT2D eigenvalue weighted by Crippen LogP contribution is -2.27. The van der Waals surface area contributed by atoms with Gasteiger partial charge in [0.25, 0.3) is 0 Å². The fourth-order valence-electron chi connectivity index (χ4n) is 2.41. The molecule has 0 saturated heterocycles. The second-order valence-corrected chi connectivity index (χ2v) is 6.05. The average molecular weight is 399 g/mol. The predicted molar refractivity (Wildman–Crippen MR) is 95.0 cm³/mol. The second kappa shape index (κ2) is 8.34. The first-order valence-electron chi connectivity index (χ1n) is 7.54. The number of esters is 2. The minimum absolute atomic E-state index is 0.0825. The number of halogens is 3. The van der Waals surface area contributed by atoms with Crippen LogP contribution in [0.3, 0.4) is 0 Å². The van der Waals surface area contributed by atoms with Crippen LogP contribution < -0.4 is 4.90 Å². The zero-order valence-electron chi connectivity index (χ0n) is 14.7. The summed E-state index contributed by atoms with van der Waals surface area (Å²) in [4.78, 5) is 26.2. The van der Waals surface area contributed by atoms with Crippen LogP contribution in [0.2, 0.25) is 0 Å². The van der Waals surface area contributed by atoms with Gasteiger partial charge in [0.15, 0.2) is 0 Å². The maximum Gasteiger partial charge on any atom is 0.416 e. The number of methoxy groups -OCH3 is 2. The van der Waals surface area contributed by atoms with Crippen LogP contribution in [0.15, 0.2) is 58.8 Å². The van der Waals surface area contributed by atoms with Crippen LogP contribution in [0.25, 0.3) is 0 Å². The lowest BCUT2D eigenvalue weighted by Gasteiger charge is -2.25. The van der Waals surface area contributed by atoms with E-state index < -0.39 is 23.7 Å². The van der Waals surface area contributed by atoms with Gasteiger partial charge in [0.05, 0.1) is 31.0 Å². The van der Waals surface area contributed by atoms with Crippen molar-refractivity contribution in [3.63, 3.8) is 0 Å². The largest absolute Gasteiger partial charge is 0.465 e. The summed E-state index contributed by atoms with van der Waals surface area (Å²) in [5.74, 6) is -1.71. The number of benzene rings is 1. The molecule has 1 heterocycles. The standard InChI is InChI=1S/C18H16F3NO4S/c1-25-16(23)12-6-4-5-9-22(15(12)17(24)26-2)13-10-11(18(19,20)21)7-8-14(13)27-3/h4-10H,1-3H3. The van der Waals surface area contributed by atoms with E-state index in [1.54, 1.807) is 6.26 Å². The summed E-state index contributed by atoms with van der Waals surface area (Å²) in [5.41, 5.74) is -1.19. The van der Waals surface area contributed by atoms with Crippen molar-refractivity contribution >= 4 is 29.4 Å². The molecule has 144 valence electrons. The van der Waals surface area contributed by atoms with Crippen molar-refractivity contribution in [2.45, 2.75) is 11.1 Å². The van der Waals surface area contributed by atoms with Gasteiger partial charge in [-0.3, -0.25) is 0 Å². The molecule has 0 atom stereocenters. The molecule has 0 saturated carbocycles. The average Bonchev–Trinajstić information content (AvgIpc) is 2.88. The number of thioether (sulfide) groups is 1. The normalized spacial score (nSPS) is 14.2. The molecule has 1 aromatic rings. The third-order valence-electron chi connectivity index (χ3n) is 3.65. The molecule has 0 aliphatic carbocycles. The Morgan fingerprint density at radius 3 is 2.30 bits per heavy atom. The summed E-state index contributed by atoms with van der Waals surface area (Å²) in [6.07, 6.45) is 2.80. The number of anilines is 1. The second-order valence-electron chi connectivity index (χ2n) is 5.20.